The van der Waals surface area contributed by atoms with Gasteiger partial charge in [-0.05, 0) is 58.6 Å². The minimum Gasteiger partial charge on any atom is -0.385 e. The second kappa shape index (κ2) is 6.90. The Morgan fingerprint density at radius 3 is 2.35 bits per heavy atom. The van der Waals surface area contributed by atoms with E-state index in [4.69, 9.17) is 0 Å². The van der Waals surface area contributed by atoms with Crippen molar-refractivity contribution in [3.8, 4) is 0 Å². The molecule has 2 aromatic rings. The third-order valence-electron chi connectivity index (χ3n) is 4.42. The molecule has 1 fully saturated rings. The first-order valence-corrected chi connectivity index (χ1v) is 10.7. The van der Waals surface area contributed by atoms with E-state index in [1.165, 1.54) is 22.5 Å². The van der Waals surface area contributed by atoms with Gasteiger partial charge >= 0.3 is 6.18 Å². The van der Waals surface area contributed by atoms with Crippen molar-refractivity contribution in [3.05, 3.63) is 51.3 Å². The number of piperidine rings is 1. The third-order valence-corrected chi connectivity index (χ3v) is 8.41. The Bertz CT molecular complexity index is 903. The van der Waals surface area contributed by atoms with Crippen molar-refractivity contribution in [2.45, 2.75) is 28.8 Å². The zero-order chi connectivity index (χ0) is 19.2. The summed E-state index contributed by atoms with van der Waals surface area (Å²) in [6.07, 6.45) is -4.44. The molecule has 1 aromatic heterocycles. The zero-order valence-electron chi connectivity index (χ0n) is 13.3. The number of benzene rings is 1. The summed E-state index contributed by atoms with van der Waals surface area (Å²) in [7, 11) is -3.67. The quantitative estimate of drug-likeness (QED) is 0.732. The van der Waals surface area contributed by atoms with Crippen LogP contribution in [0.1, 0.15) is 24.0 Å². The summed E-state index contributed by atoms with van der Waals surface area (Å²) in [6.45, 7) is 0.0647. The number of hydrogen-bond donors (Lipinski definition) is 1. The van der Waals surface area contributed by atoms with Crippen molar-refractivity contribution in [3.63, 3.8) is 0 Å². The number of thiophene rings is 1. The second-order valence-electron chi connectivity index (χ2n) is 6.07. The number of aliphatic hydroxyl groups is 1. The van der Waals surface area contributed by atoms with Crippen LogP contribution in [0.5, 0.6) is 0 Å². The molecule has 4 nitrogen and oxygen atoms in total. The van der Waals surface area contributed by atoms with Gasteiger partial charge in [0.1, 0.15) is 4.21 Å². The van der Waals surface area contributed by atoms with Gasteiger partial charge in [0.25, 0.3) is 10.0 Å². The first kappa shape index (κ1) is 19.8. The molecule has 1 aliphatic rings. The maximum absolute atomic E-state index is 12.9. The molecular formula is C16H15BrF3NO3S2. The molecule has 0 spiro atoms. The number of halogens is 4. The highest BCUT2D eigenvalue weighted by atomic mass is 79.9. The highest BCUT2D eigenvalue weighted by molar-refractivity contribution is 9.11. The lowest BCUT2D eigenvalue weighted by atomic mass is 9.84. The summed E-state index contributed by atoms with van der Waals surface area (Å²) in [6, 6.07) is 7.71. The van der Waals surface area contributed by atoms with E-state index < -0.39 is 27.4 Å². The lowest BCUT2D eigenvalue weighted by molar-refractivity contribution is -0.137. The van der Waals surface area contributed by atoms with Crippen LogP contribution in [0.3, 0.4) is 0 Å². The minimum atomic E-state index is -4.50. The van der Waals surface area contributed by atoms with Crippen LogP contribution in [-0.4, -0.2) is 30.9 Å². The fourth-order valence-corrected chi connectivity index (χ4v) is 6.54. The van der Waals surface area contributed by atoms with E-state index in [2.05, 4.69) is 15.9 Å². The Kier molecular flexibility index (Phi) is 5.26. The van der Waals surface area contributed by atoms with Gasteiger partial charge in [0, 0.05) is 13.1 Å². The minimum absolute atomic E-state index is 0.0279. The summed E-state index contributed by atoms with van der Waals surface area (Å²) in [5.41, 5.74) is -2.16. The van der Waals surface area contributed by atoms with Crippen LogP contribution in [0, 0.1) is 0 Å². The topological polar surface area (TPSA) is 57.6 Å². The number of alkyl halides is 3. The van der Waals surface area contributed by atoms with E-state index in [9.17, 15) is 26.7 Å². The summed E-state index contributed by atoms with van der Waals surface area (Å²) in [5.74, 6) is 0. The van der Waals surface area contributed by atoms with Crippen molar-refractivity contribution in [2.24, 2.45) is 0 Å². The lowest BCUT2D eigenvalue weighted by Gasteiger charge is -2.37. The van der Waals surface area contributed by atoms with Gasteiger partial charge in [-0.25, -0.2) is 8.42 Å². The molecule has 10 heteroatoms. The highest BCUT2D eigenvalue weighted by Crippen LogP contribution is 2.38. The van der Waals surface area contributed by atoms with Crippen LogP contribution in [-0.2, 0) is 21.8 Å². The van der Waals surface area contributed by atoms with Gasteiger partial charge in [-0.15, -0.1) is 11.3 Å². The van der Waals surface area contributed by atoms with Crippen LogP contribution >= 0.6 is 27.3 Å². The highest BCUT2D eigenvalue weighted by Gasteiger charge is 2.40. The van der Waals surface area contributed by atoms with E-state index in [1.807, 2.05) is 0 Å². The van der Waals surface area contributed by atoms with Crippen molar-refractivity contribution in [2.75, 3.05) is 13.1 Å². The van der Waals surface area contributed by atoms with Gasteiger partial charge in [0.05, 0.1) is 15.0 Å². The fourth-order valence-electron chi connectivity index (χ4n) is 2.93. The molecule has 2 heterocycles. The van der Waals surface area contributed by atoms with Crippen molar-refractivity contribution in [1.82, 2.24) is 4.31 Å². The Hall–Kier alpha value is -0.940. The maximum Gasteiger partial charge on any atom is 0.416 e. The maximum atomic E-state index is 12.9. The molecule has 0 saturated carbocycles. The van der Waals surface area contributed by atoms with Gasteiger partial charge < -0.3 is 5.11 Å². The van der Waals surface area contributed by atoms with Crippen LogP contribution in [0.15, 0.2) is 44.4 Å². The molecule has 0 atom stereocenters. The van der Waals surface area contributed by atoms with Crippen molar-refractivity contribution >= 4 is 37.3 Å². The first-order valence-electron chi connectivity index (χ1n) is 7.68. The number of sulfonamides is 1. The Morgan fingerprint density at radius 2 is 1.81 bits per heavy atom. The number of nitrogens with zero attached hydrogens (tertiary/aromatic N) is 1. The molecule has 1 saturated heterocycles. The molecule has 0 bridgehead atoms. The summed E-state index contributed by atoms with van der Waals surface area (Å²) >= 11 is 4.31. The smallest absolute Gasteiger partial charge is 0.385 e. The summed E-state index contributed by atoms with van der Waals surface area (Å²) in [5, 5.41) is 10.8. The van der Waals surface area contributed by atoms with Gasteiger partial charge in [-0.3, -0.25) is 0 Å². The van der Waals surface area contributed by atoms with E-state index in [-0.39, 0.29) is 35.7 Å². The van der Waals surface area contributed by atoms with E-state index in [0.29, 0.717) is 3.79 Å². The van der Waals surface area contributed by atoms with Gasteiger partial charge in [0.2, 0.25) is 0 Å². The molecule has 0 radical (unpaired) electrons. The molecule has 1 aliphatic heterocycles. The summed E-state index contributed by atoms with van der Waals surface area (Å²) < 4.78 is 66.1. The average molecular weight is 470 g/mol. The average Bonchev–Trinajstić information content (AvgIpc) is 3.02. The SMILES string of the molecule is O=S(=O)(c1ccc(Br)s1)N1CCC(O)(c2cccc(C(F)(F)F)c2)CC1. The lowest BCUT2D eigenvalue weighted by Crippen LogP contribution is -2.45. The predicted molar refractivity (Wildman–Crippen MR) is 95.4 cm³/mol. The third kappa shape index (κ3) is 3.84. The molecule has 0 amide bonds. The largest absolute Gasteiger partial charge is 0.416 e. The fraction of sp³-hybridized carbons (Fsp3) is 0.375. The zero-order valence-corrected chi connectivity index (χ0v) is 16.6. The molecule has 0 aliphatic carbocycles. The van der Waals surface area contributed by atoms with Crippen LogP contribution < -0.4 is 0 Å². The molecule has 142 valence electrons. The Balaban J connectivity index is 1.79. The second-order valence-corrected chi connectivity index (χ2v) is 10.7. The Labute approximate surface area is 161 Å². The molecule has 26 heavy (non-hydrogen) atoms. The van der Waals surface area contributed by atoms with Crippen LogP contribution in [0.25, 0.3) is 0 Å². The molecular weight excluding hydrogens is 455 g/mol. The van der Waals surface area contributed by atoms with Gasteiger partial charge in [-0.2, -0.15) is 17.5 Å². The van der Waals surface area contributed by atoms with E-state index in [0.717, 1.165) is 23.5 Å². The predicted octanol–water partition coefficient (Wildman–Crippen LogP) is 4.20. The van der Waals surface area contributed by atoms with Crippen molar-refractivity contribution in [1.29, 1.82) is 0 Å². The Morgan fingerprint density at radius 1 is 1.15 bits per heavy atom. The standard InChI is InChI=1S/C16H15BrF3NO3S2/c17-13-4-5-14(25-13)26(23,24)21-8-6-15(22,7-9-21)11-2-1-3-12(10-11)16(18,19)20/h1-5,10,22H,6-9H2. The van der Waals surface area contributed by atoms with Crippen molar-refractivity contribution < 1.29 is 26.7 Å². The molecule has 3 rings (SSSR count). The number of rotatable bonds is 3. The van der Waals surface area contributed by atoms with Gasteiger partial charge in [-0.1, -0.05) is 12.1 Å². The monoisotopic (exact) mass is 469 g/mol. The number of hydrogen-bond acceptors (Lipinski definition) is 4. The summed E-state index contributed by atoms with van der Waals surface area (Å²) in [4.78, 5) is 0. The van der Waals surface area contributed by atoms with E-state index >= 15 is 0 Å². The molecule has 1 aromatic carbocycles. The van der Waals surface area contributed by atoms with Gasteiger partial charge in [0.15, 0.2) is 0 Å². The van der Waals surface area contributed by atoms with Crippen LogP contribution in [0.4, 0.5) is 13.2 Å². The normalized spacial score (nSPS) is 18.8. The van der Waals surface area contributed by atoms with E-state index in [1.54, 1.807) is 6.07 Å². The molecule has 0 unspecified atom stereocenters. The van der Waals surface area contributed by atoms with Crippen LogP contribution in [0.2, 0.25) is 0 Å². The first-order chi connectivity index (χ1) is 12.0. The molecule has 1 N–H and O–H groups in total.